The number of carbonyl (C=O) groups is 1. The highest BCUT2D eigenvalue weighted by molar-refractivity contribution is 5.66. The van der Waals surface area contributed by atoms with Gasteiger partial charge in [0.2, 0.25) is 5.79 Å². The molecule has 4 aliphatic rings. The van der Waals surface area contributed by atoms with Gasteiger partial charge in [-0.15, -0.1) is 0 Å². The Kier molecular flexibility index (Phi) is 2.63. The molecule has 1 spiro atoms. The van der Waals surface area contributed by atoms with Gasteiger partial charge >= 0.3 is 5.97 Å². The van der Waals surface area contributed by atoms with E-state index in [1.807, 2.05) is 0 Å². The van der Waals surface area contributed by atoms with Crippen LogP contribution in [0.2, 0.25) is 0 Å². The minimum Gasteiger partial charge on any atom is -0.430 e. The summed E-state index contributed by atoms with van der Waals surface area (Å²) in [6, 6.07) is 0. The zero-order valence-corrected chi connectivity index (χ0v) is 13.6. The van der Waals surface area contributed by atoms with Crippen molar-refractivity contribution in [1.29, 1.82) is 0 Å². The van der Waals surface area contributed by atoms with E-state index in [0.29, 0.717) is 13.0 Å². The molecule has 0 radical (unpaired) electrons. The number of fused-ring (bicyclic) bond motifs is 2. The fraction of sp³-hybridized carbons (Fsp3) is 0.824. The third-order valence-electron chi connectivity index (χ3n) is 6.80. The Hall–Kier alpha value is -0.910. The molecule has 0 aromatic heterocycles. The fourth-order valence-electron chi connectivity index (χ4n) is 5.24. The Morgan fingerprint density at radius 1 is 1.45 bits per heavy atom. The summed E-state index contributed by atoms with van der Waals surface area (Å²) in [5.74, 6) is -2.09. The molecule has 22 heavy (non-hydrogen) atoms. The molecule has 2 bridgehead atoms. The van der Waals surface area contributed by atoms with E-state index in [0.717, 1.165) is 12.8 Å². The van der Waals surface area contributed by atoms with E-state index in [2.05, 4.69) is 26.8 Å². The third-order valence-corrected chi connectivity index (χ3v) is 6.80. The highest BCUT2D eigenvalue weighted by Crippen LogP contribution is 2.73. The van der Waals surface area contributed by atoms with Gasteiger partial charge in [0, 0.05) is 24.2 Å². The molecule has 0 unspecified atom stereocenters. The van der Waals surface area contributed by atoms with Crippen LogP contribution in [0.5, 0.6) is 0 Å². The van der Waals surface area contributed by atoms with Crippen molar-refractivity contribution in [3.05, 3.63) is 11.6 Å². The molecule has 0 aromatic rings. The first-order chi connectivity index (χ1) is 10.2. The highest BCUT2D eigenvalue weighted by Gasteiger charge is 2.84. The quantitative estimate of drug-likeness (QED) is 0.347. The number of rotatable bonds is 1. The zero-order valence-electron chi connectivity index (χ0n) is 13.6. The molecule has 3 fully saturated rings. The Balaban J connectivity index is 1.83. The maximum Gasteiger partial charge on any atom is 0.305 e. The normalized spacial score (nSPS) is 55.6. The van der Waals surface area contributed by atoms with Gasteiger partial charge in [0.15, 0.2) is 6.10 Å². The van der Waals surface area contributed by atoms with Gasteiger partial charge in [-0.1, -0.05) is 25.5 Å². The largest absolute Gasteiger partial charge is 0.430 e. The van der Waals surface area contributed by atoms with Gasteiger partial charge in [0.05, 0.1) is 12.7 Å². The van der Waals surface area contributed by atoms with Crippen molar-refractivity contribution >= 4 is 5.97 Å². The lowest BCUT2D eigenvalue weighted by Gasteiger charge is -2.56. The lowest BCUT2D eigenvalue weighted by Crippen LogP contribution is -2.62. The first-order valence-electron chi connectivity index (χ1n) is 8.06. The Bertz CT molecular complexity index is 580. The van der Waals surface area contributed by atoms with Gasteiger partial charge in [0.1, 0.15) is 5.60 Å². The van der Waals surface area contributed by atoms with Gasteiger partial charge in [-0.25, -0.2) is 0 Å². The van der Waals surface area contributed by atoms with E-state index in [9.17, 15) is 9.90 Å². The molecule has 1 N–H and O–H groups in total. The number of hydrogen-bond donors (Lipinski definition) is 1. The van der Waals surface area contributed by atoms with E-state index in [-0.39, 0.29) is 16.9 Å². The number of carbonyl (C=O) groups excluding carboxylic acids is 1. The number of epoxide rings is 1. The van der Waals surface area contributed by atoms with Crippen molar-refractivity contribution in [2.24, 2.45) is 10.8 Å². The van der Waals surface area contributed by atoms with E-state index in [1.54, 1.807) is 0 Å². The molecule has 1 saturated carbocycles. The first kappa shape index (κ1) is 14.7. The molecule has 0 amide bonds. The summed E-state index contributed by atoms with van der Waals surface area (Å²) < 4.78 is 17.5. The highest BCUT2D eigenvalue weighted by atomic mass is 16.7. The average molecular weight is 308 g/mol. The Morgan fingerprint density at radius 2 is 2.14 bits per heavy atom. The number of aliphatic hydroxyl groups is 1. The van der Waals surface area contributed by atoms with Crippen LogP contribution >= 0.6 is 0 Å². The second-order valence-corrected chi connectivity index (χ2v) is 7.99. The number of ether oxygens (including phenoxy) is 3. The van der Waals surface area contributed by atoms with Crippen LogP contribution in [-0.4, -0.2) is 41.3 Å². The smallest absolute Gasteiger partial charge is 0.305 e. The Morgan fingerprint density at radius 3 is 2.73 bits per heavy atom. The van der Waals surface area contributed by atoms with Crippen LogP contribution in [0, 0.1) is 10.8 Å². The molecular formula is C17H24O5. The molecule has 2 heterocycles. The molecule has 6 atom stereocenters. The molecule has 0 aromatic carbocycles. The number of hydrogen-bond acceptors (Lipinski definition) is 5. The summed E-state index contributed by atoms with van der Waals surface area (Å²) in [4.78, 5) is 11.5. The van der Waals surface area contributed by atoms with Gasteiger partial charge in [-0.3, -0.25) is 4.79 Å². The molecule has 4 rings (SSSR count). The summed E-state index contributed by atoms with van der Waals surface area (Å²) in [5, 5.41) is 11.0. The predicted molar refractivity (Wildman–Crippen MR) is 77.9 cm³/mol. The van der Waals surface area contributed by atoms with Crippen LogP contribution in [0.3, 0.4) is 0 Å². The summed E-state index contributed by atoms with van der Waals surface area (Å²) in [5.41, 5.74) is 0.370. The third kappa shape index (κ3) is 1.47. The predicted octanol–water partition coefficient (Wildman–Crippen LogP) is 1.93. The monoisotopic (exact) mass is 308 g/mol. The second kappa shape index (κ2) is 3.94. The van der Waals surface area contributed by atoms with Crippen molar-refractivity contribution < 1.29 is 24.1 Å². The van der Waals surface area contributed by atoms with E-state index in [4.69, 9.17) is 14.2 Å². The SMILES string of the molecule is CC(=O)O[C@@]1(O)C[C@]2(C)[C@@]3(C)CCC(C)=C[C@H]3O[C@H]1[C@@]21CO1. The molecule has 2 aliphatic heterocycles. The number of esters is 1. The van der Waals surface area contributed by atoms with Gasteiger partial charge in [0.25, 0.3) is 0 Å². The molecule has 5 heteroatoms. The van der Waals surface area contributed by atoms with Crippen molar-refractivity contribution in [3.63, 3.8) is 0 Å². The first-order valence-corrected chi connectivity index (χ1v) is 8.06. The van der Waals surface area contributed by atoms with Gasteiger partial charge in [-0.05, 0) is 19.8 Å². The van der Waals surface area contributed by atoms with Crippen LogP contribution in [0.1, 0.15) is 47.0 Å². The second-order valence-electron chi connectivity index (χ2n) is 7.99. The number of allylic oxidation sites excluding steroid dienone is 1. The molecular weight excluding hydrogens is 284 g/mol. The molecule has 2 aliphatic carbocycles. The molecule has 5 nitrogen and oxygen atoms in total. The lowest BCUT2D eigenvalue weighted by atomic mass is 9.53. The summed E-state index contributed by atoms with van der Waals surface area (Å²) in [6.07, 6.45) is 3.86. The van der Waals surface area contributed by atoms with Crippen LogP contribution in [0.15, 0.2) is 11.6 Å². The Labute approximate surface area is 130 Å². The summed E-state index contributed by atoms with van der Waals surface area (Å²) in [6.45, 7) is 8.38. The topological polar surface area (TPSA) is 68.3 Å². The molecule has 2 saturated heterocycles. The maximum atomic E-state index is 11.5. The van der Waals surface area contributed by atoms with Crippen molar-refractivity contribution in [1.82, 2.24) is 0 Å². The summed E-state index contributed by atoms with van der Waals surface area (Å²) in [7, 11) is 0. The van der Waals surface area contributed by atoms with Gasteiger partial charge < -0.3 is 19.3 Å². The van der Waals surface area contributed by atoms with Crippen LogP contribution in [0.25, 0.3) is 0 Å². The fourth-order valence-corrected chi connectivity index (χ4v) is 5.24. The maximum absolute atomic E-state index is 11.5. The van der Waals surface area contributed by atoms with Crippen LogP contribution < -0.4 is 0 Å². The zero-order chi connectivity index (χ0) is 16.0. The van der Waals surface area contributed by atoms with E-state index >= 15 is 0 Å². The van der Waals surface area contributed by atoms with E-state index in [1.165, 1.54) is 12.5 Å². The van der Waals surface area contributed by atoms with Crippen LogP contribution in [0.4, 0.5) is 0 Å². The van der Waals surface area contributed by atoms with Crippen molar-refractivity contribution in [2.75, 3.05) is 6.61 Å². The van der Waals surface area contributed by atoms with E-state index < -0.39 is 23.5 Å². The van der Waals surface area contributed by atoms with Crippen molar-refractivity contribution in [3.8, 4) is 0 Å². The minimum absolute atomic E-state index is 0.0735. The minimum atomic E-state index is -1.60. The molecule has 122 valence electrons. The average Bonchev–Trinajstić information content (AvgIpc) is 3.15. The van der Waals surface area contributed by atoms with Crippen LogP contribution in [-0.2, 0) is 19.0 Å². The van der Waals surface area contributed by atoms with Gasteiger partial charge in [-0.2, -0.15) is 0 Å². The summed E-state index contributed by atoms with van der Waals surface area (Å²) >= 11 is 0. The standard InChI is InChI=1S/C17H24O5/c1-10-5-6-14(3)12(7-10)21-13-16(9-20-16)15(14,4)8-17(13,19)22-11(2)18/h7,12-13,19H,5-6,8-9H2,1-4H3/t12-,13+,14+,15-,16+,17+/m1/s1. The van der Waals surface area contributed by atoms with Crippen molar-refractivity contribution in [2.45, 2.75) is 70.6 Å². The lowest BCUT2D eigenvalue weighted by molar-refractivity contribution is -0.265.